The fourth-order valence-corrected chi connectivity index (χ4v) is 5.77. The predicted molar refractivity (Wildman–Crippen MR) is 152 cm³/mol. The smallest absolute Gasteiger partial charge is 0.252 e. The van der Waals surface area contributed by atoms with Crippen LogP contribution < -0.4 is 16.0 Å². The van der Waals surface area contributed by atoms with Gasteiger partial charge in [0.1, 0.15) is 11.4 Å². The molecule has 12 nitrogen and oxygen atoms in total. The van der Waals surface area contributed by atoms with Crippen molar-refractivity contribution in [3.63, 3.8) is 0 Å². The molecule has 42 heavy (non-hydrogen) atoms. The Morgan fingerprint density at radius 1 is 1.21 bits per heavy atom. The summed E-state index contributed by atoms with van der Waals surface area (Å²) in [5.74, 6) is 1.09. The number of hydrogen-bond donors (Lipinski definition) is 4. The second-order valence-corrected chi connectivity index (χ2v) is 10.9. The number of aryl methyl sites for hydroxylation is 1. The molecule has 4 N–H and O–H groups in total. The zero-order chi connectivity index (χ0) is 29.4. The van der Waals surface area contributed by atoms with Crippen LogP contribution >= 0.6 is 0 Å². The zero-order valence-corrected chi connectivity index (χ0v) is 23.6. The fraction of sp³-hybridized carbons (Fsp3) is 0.379. The van der Waals surface area contributed by atoms with Crippen LogP contribution in [0.15, 0.2) is 42.9 Å². The van der Waals surface area contributed by atoms with Crippen molar-refractivity contribution < 1.29 is 18.7 Å². The van der Waals surface area contributed by atoms with Crippen LogP contribution in [0.1, 0.15) is 67.1 Å². The lowest BCUT2D eigenvalue weighted by Gasteiger charge is -2.38. The van der Waals surface area contributed by atoms with E-state index in [-0.39, 0.29) is 30.2 Å². The van der Waals surface area contributed by atoms with Crippen LogP contribution in [0, 0.1) is 12.7 Å². The van der Waals surface area contributed by atoms with Crippen molar-refractivity contribution in [2.24, 2.45) is 0 Å². The third-order valence-corrected chi connectivity index (χ3v) is 8.12. The summed E-state index contributed by atoms with van der Waals surface area (Å²) in [5, 5.41) is 20.3. The number of nitrogens with one attached hydrogen (secondary N) is 4. The summed E-state index contributed by atoms with van der Waals surface area (Å²) in [6.45, 7) is 3.80. The van der Waals surface area contributed by atoms with E-state index in [1.165, 1.54) is 10.9 Å². The monoisotopic (exact) mass is 573 g/mol. The molecule has 1 aliphatic carbocycles. The molecule has 2 aliphatic rings. The molecule has 4 aromatic heterocycles. The Morgan fingerprint density at radius 3 is 2.67 bits per heavy atom. The standard InChI is InChI=1S/C29H32FN9O3/c1-16-10-24(38-37-16)35-23-12-22-21(11-26(40)34-22)27(36-23)18-6-8-29(42-3,9-7-18)28(41)33-17(2)19-4-5-25(31-13-19)39-15-20(30)14-32-39/h4-5,10,12-15,17-18H,6-9,11H2,1-3H3,(H,33,41)(H,34,40)(H2,35,36,37,38)/t17-,18-,29+/m0/s1. The Labute approximate surface area is 241 Å². The van der Waals surface area contributed by atoms with Crippen LogP contribution in [0.5, 0.6) is 0 Å². The van der Waals surface area contributed by atoms with Crippen LogP contribution in [0.3, 0.4) is 0 Å². The minimum Gasteiger partial charge on any atom is -0.368 e. The summed E-state index contributed by atoms with van der Waals surface area (Å²) in [5.41, 5.74) is 3.26. The molecule has 1 aliphatic heterocycles. The van der Waals surface area contributed by atoms with Gasteiger partial charge < -0.3 is 20.7 Å². The minimum absolute atomic E-state index is 0.0597. The molecular weight excluding hydrogens is 541 g/mol. The van der Waals surface area contributed by atoms with Gasteiger partial charge in [-0.25, -0.2) is 19.0 Å². The van der Waals surface area contributed by atoms with Crippen molar-refractivity contribution in [3.8, 4) is 5.82 Å². The average molecular weight is 574 g/mol. The van der Waals surface area contributed by atoms with Gasteiger partial charge in [-0.1, -0.05) is 6.07 Å². The van der Waals surface area contributed by atoms with E-state index in [9.17, 15) is 14.0 Å². The van der Waals surface area contributed by atoms with Crippen LogP contribution in [0.25, 0.3) is 5.82 Å². The van der Waals surface area contributed by atoms with Gasteiger partial charge in [-0.15, -0.1) is 0 Å². The second-order valence-electron chi connectivity index (χ2n) is 10.9. The molecule has 2 amide bonds. The number of amides is 2. The van der Waals surface area contributed by atoms with Gasteiger partial charge in [0, 0.05) is 48.3 Å². The molecule has 1 atom stereocenters. The highest BCUT2D eigenvalue weighted by atomic mass is 19.1. The molecule has 5 heterocycles. The van der Waals surface area contributed by atoms with E-state index in [2.05, 4.69) is 36.2 Å². The first-order valence-corrected chi connectivity index (χ1v) is 13.9. The number of rotatable bonds is 8. The highest BCUT2D eigenvalue weighted by Gasteiger charge is 2.44. The van der Waals surface area contributed by atoms with Crippen LogP contribution in [0.2, 0.25) is 0 Å². The Balaban J connectivity index is 1.14. The maximum Gasteiger partial charge on any atom is 0.252 e. The molecule has 1 fully saturated rings. The van der Waals surface area contributed by atoms with E-state index in [1.807, 2.05) is 32.0 Å². The molecule has 6 rings (SSSR count). The lowest BCUT2D eigenvalue weighted by molar-refractivity contribution is -0.148. The van der Waals surface area contributed by atoms with Gasteiger partial charge in [0.05, 0.1) is 30.6 Å². The molecular formula is C29H32FN9O3. The van der Waals surface area contributed by atoms with Crippen LogP contribution in [-0.2, 0) is 20.7 Å². The third kappa shape index (κ3) is 5.34. The van der Waals surface area contributed by atoms with Gasteiger partial charge >= 0.3 is 0 Å². The van der Waals surface area contributed by atoms with E-state index < -0.39 is 11.4 Å². The van der Waals surface area contributed by atoms with Crippen molar-refractivity contribution in [2.75, 3.05) is 17.7 Å². The fourth-order valence-electron chi connectivity index (χ4n) is 5.77. The van der Waals surface area contributed by atoms with Gasteiger partial charge in [0.15, 0.2) is 17.5 Å². The SMILES string of the molecule is CO[C@]1(C(=O)N[C@@H](C)c2ccc(-n3cc(F)cn3)nc2)CC[C@H](c2nc(Nc3cc(C)[nH]n3)cc3c2CC(=O)N3)CC1. The number of pyridine rings is 2. The summed E-state index contributed by atoms with van der Waals surface area (Å²) >= 11 is 0. The second kappa shape index (κ2) is 11.0. The van der Waals surface area contributed by atoms with E-state index in [1.54, 1.807) is 19.4 Å². The number of anilines is 3. The number of aromatic nitrogens is 6. The number of fused-ring (bicyclic) bond motifs is 1. The van der Waals surface area contributed by atoms with Crippen molar-refractivity contribution >= 4 is 29.1 Å². The molecule has 0 aromatic carbocycles. The first kappa shape index (κ1) is 27.5. The Morgan fingerprint density at radius 2 is 2.02 bits per heavy atom. The Bertz CT molecular complexity index is 1620. The quantitative estimate of drug-likeness (QED) is 0.247. The average Bonchev–Trinajstić information content (AvgIpc) is 3.71. The Hall–Kier alpha value is -4.65. The normalized spacial score (nSPS) is 20.6. The van der Waals surface area contributed by atoms with Crippen molar-refractivity contribution in [1.29, 1.82) is 0 Å². The molecule has 0 unspecified atom stereocenters. The maximum absolute atomic E-state index is 13.6. The van der Waals surface area contributed by atoms with Gasteiger partial charge in [0.25, 0.3) is 5.91 Å². The number of carbonyl (C=O) groups is 2. The lowest BCUT2D eigenvalue weighted by atomic mass is 9.75. The van der Waals surface area contributed by atoms with E-state index in [4.69, 9.17) is 9.72 Å². The summed E-state index contributed by atoms with van der Waals surface area (Å²) in [6.07, 6.45) is 6.64. The summed E-state index contributed by atoms with van der Waals surface area (Å²) in [7, 11) is 1.57. The van der Waals surface area contributed by atoms with E-state index in [0.717, 1.165) is 34.4 Å². The molecule has 13 heteroatoms. The third-order valence-electron chi connectivity index (χ3n) is 8.12. The molecule has 0 bridgehead atoms. The van der Waals surface area contributed by atoms with Crippen LogP contribution in [0.4, 0.5) is 21.7 Å². The van der Waals surface area contributed by atoms with Crippen molar-refractivity contribution in [2.45, 2.75) is 63.5 Å². The summed E-state index contributed by atoms with van der Waals surface area (Å²) in [4.78, 5) is 35.1. The highest BCUT2D eigenvalue weighted by Crippen LogP contribution is 2.43. The summed E-state index contributed by atoms with van der Waals surface area (Å²) in [6, 6.07) is 6.94. The van der Waals surface area contributed by atoms with Gasteiger partial charge in [-0.05, 0) is 51.2 Å². The van der Waals surface area contributed by atoms with Crippen molar-refractivity contribution in [1.82, 2.24) is 35.3 Å². The summed E-state index contributed by atoms with van der Waals surface area (Å²) < 4.78 is 20.5. The van der Waals surface area contributed by atoms with E-state index in [0.29, 0.717) is 43.1 Å². The number of H-pyrrole nitrogens is 1. The molecule has 4 aromatic rings. The largest absolute Gasteiger partial charge is 0.368 e. The first-order valence-electron chi connectivity index (χ1n) is 13.9. The van der Waals surface area contributed by atoms with E-state index >= 15 is 0 Å². The molecule has 0 spiro atoms. The zero-order valence-electron chi connectivity index (χ0n) is 23.6. The molecule has 1 saturated carbocycles. The number of methoxy groups -OCH3 is 1. The number of halogens is 1. The number of hydrogen-bond acceptors (Lipinski definition) is 8. The van der Waals surface area contributed by atoms with Gasteiger partial charge in [-0.3, -0.25) is 14.7 Å². The number of ether oxygens (including phenoxy) is 1. The molecule has 0 radical (unpaired) electrons. The highest BCUT2D eigenvalue weighted by molar-refractivity contribution is 6.00. The number of nitrogens with zero attached hydrogens (tertiary/aromatic N) is 5. The van der Waals surface area contributed by atoms with Crippen molar-refractivity contribution in [3.05, 3.63) is 71.2 Å². The predicted octanol–water partition coefficient (Wildman–Crippen LogP) is 3.99. The molecule has 218 valence electrons. The first-order chi connectivity index (χ1) is 20.2. The minimum atomic E-state index is -0.982. The van der Waals surface area contributed by atoms with Gasteiger partial charge in [0.2, 0.25) is 5.91 Å². The van der Waals surface area contributed by atoms with Gasteiger partial charge in [-0.2, -0.15) is 10.2 Å². The Kier molecular flexibility index (Phi) is 7.19. The maximum atomic E-state index is 13.6. The topological polar surface area (TPSA) is 152 Å². The number of aromatic amines is 1. The molecule has 0 saturated heterocycles. The number of carbonyl (C=O) groups excluding carboxylic acids is 2. The lowest BCUT2D eigenvalue weighted by Crippen LogP contribution is -2.50. The van der Waals surface area contributed by atoms with Crippen LogP contribution in [-0.4, -0.2) is 54.5 Å².